The second-order valence-electron chi connectivity index (χ2n) is 1.88. The van der Waals surface area contributed by atoms with Crippen molar-refractivity contribution in [2.45, 2.75) is 12.5 Å². The van der Waals surface area contributed by atoms with Crippen LogP contribution in [0, 0.1) is 0 Å². The molecule has 0 bridgehead atoms. The highest BCUT2D eigenvalue weighted by Crippen LogP contribution is 2.05. The van der Waals surface area contributed by atoms with Gasteiger partial charge in [-0.25, -0.2) is 0 Å². The molecule has 1 heterocycles. The maximum Gasteiger partial charge on any atom is 0.306 e. The Morgan fingerprint density at radius 2 is 2.56 bits per heavy atom. The minimum atomic E-state index is -0.842. The van der Waals surface area contributed by atoms with Gasteiger partial charge in [-0.3, -0.25) is 4.79 Å². The number of rotatable bonds is 2. The molecule has 1 rings (SSSR count). The molecule has 0 spiro atoms. The number of ether oxygens (including phenoxy) is 2. The minimum Gasteiger partial charge on any atom is -0.481 e. The highest BCUT2D eigenvalue weighted by Gasteiger charge is 2.18. The van der Waals surface area contributed by atoms with Crippen molar-refractivity contribution in [3.05, 3.63) is 0 Å². The molecule has 52 valence electrons. The van der Waals surface area contributed by atoms with E-state index in [1.165, 1.54) is 0 Å². The van der Waals surface area contributed by atoms with Crippen molar-refractivity contribution in [3.8, 4) is 0 Å². The van der Waals surface area contributed by atoms with Crippen LogP contribution in [0.5, 0.6) is 0 Å². The third-order valence-electron chi connectivity index (χ3n) is 1.09. The van der Waals surface area contributed by atoms with Crippen LogP contribution < -0.4 is 0 Å². The number of carboxylic acid groups (broad SMARTS) is 1. The number of carbonyl (C=O) groups is 1. The molecule has 0 aliphatic carbocycles. The first-order valence-corrected chi connectivity index (χ1v) is 2.70. The van der Waals surface area contributed by atoms with Crippen LogP contribution in [0.15, 0.2) is 0 Å². The van der Waals surface area contributed by atoms with E-state index in [1.807, 2.05) is 0 Å². The summed E-state index contributed by atoms with van der Waals surface area (Å²) in [5.74, 6) is -0.842. The summed E-state index contributed by atoms with van der Waals surface area (Å²) < 4.78 is 9.63. The van der Waals surface area contributed by atoms with Crippen LogP contribution in [-0.4, -0.2) is 30.6 Å². The summed E-state index contributed by atoms with van der Waals surface area (Å²) in [6, 6.07) is 0. The summed E-state index contributed by atoms with van der Waals surface area (Å²) in [4.78, 5) is 10.0. The van der Waals surface area contributed by atoms with Gasteiger partial charge in [-0.15, -0.1) is 0 Å². The van der Waals surface area contributed by atoms with E-state index in [0.717, 1.165) is 0 Å². The van der Waals surface area contributed by atoms with Crippen molar-refractivity contribution in [3.63, 3.8) is 0 Å². The highest BCUT2D eigenvalue weighted by atomic mass is 16.7. The fraction of sp³-hybridized carbons (Fsp3) is 0.800. The molecule has 0 amide bonds. The fourth-order valence-corrected chi connectivity index (χ4v) is 0.685. The Bertz CT molecular complexity index is 106. The number of hydrogen-bond donors (Lipinski definition) is 1. The van der Waals surface area contributed by atoms with Gasteiger partial charge in [-0.05, 0) is 0 Å². The molecule has 0 aromatic carbocycles. The Labute approximate surface area is 52.4 Å². The average Bonchev–Trinajstić information content (AvgIpc) is 2.15. The van der Waals surface area contributed by atoms with Gasteiger partial charge >= 0.3 is 5.97 Å². The Hall–Kier alpha value is -0.610. The molecule has 0 saturated carbocycles. The zero-order valence-corrected chi connectivity index (χ0v) is 4.87. The molecular formula is C5H8O4. The van der Waals surface area contributed by atoms with Gasteiger partial charge in [0.1, 0.15) is 6.79 Å². The van der Waals surface area contributed by atoms with Crippen LogP contribution in [0.25, 0.3) is 0 Å². The number of hydrogen-bond acceptors (Lipinski definition) is 3. The molecule has 0 radical (unpaired) electrons. The molecule has 1 fully saturated rings. The molecule has 0 aromatic heterocycles. The van der Waals surface area contributed by atoms with Crippen LogP contribution in [0.4, 0.5) is 0 Å². The Morgan fingerprint density at radius 3 is 3.00 bits per heavy atom. The first-order valence-electron chi connectivity index (χ1n) is 2.70. The second kappa shape index (κ2) is 2.80. The summed E-state index contributed by atoms with van der Waals surface area (Å²) in [6.07, 6.45) is -0.192. The number of carboxylic acids is 1. The van der Waals surface area contributed by atoms with E-state index in [2.05, 4.69) is 0 Å². The van der Waals surface area contributed by atoms with Crippen LogP contribution in [0.3, 0.4) is 0 Å². The average molecular weight is 132 g/mol. The molecule has 4 heteroatoms. The van der Waals surface area contributed by atoms with E-state index >= 15 is 0 Å². The van der Waals surface area contributed by atoms with Gasteiger partial charge in [0.15, 0.2) is 0 Å². The SMILES string of the molecule is O=C(O)CC1COCO1. The topological polar surface area (TPSA) is 55.8 Å². The molecule has 0 aromatic rings. The van der Waals surface area contributed by atoms with Crippen molar-refractivity contribution in [2.24, 2.45) is 0 Å². The lowest BCUT2D eigenvalue weighted by atomic mass is 10.3. The van der Waals surface area contributed by atoms with Crippen molar-refractivity contribution >= 4 is 5.97 Å². The van der Waals surface area contributed by atoms with E-state index in [0.29, 0.717) is 6.61 Å². The first kappa shape index (κ1) is 6.51. The van der Waals surface area contributed by atoms with Crippen LogP contribution in [-0.2, 0) is 14.3 Å². The quantitative estimate of drug-likeness (QED) is 0.567. The Balaban J connectivity index is 2.19. The lowest BCUT2D eigenvalue weighted by Gasteiger charge is -2.00. The van der Waals surface area contributed by atoms with E-state index in [4.69, 9.17) is 14.6 Å². The van der Waals surface area contributed by atoms with E-state index < -0.39 is 5.97 Å². The lowest BCUT2D eigenvalue weighted by molar-refractivity contribution is -0.139. The predicted molar refractivity (Wildman–Crippen MR) is 27.9 cm³/mol. The van der Waals surface area contributed by atoms with Gasteiger partial charge in [-0.2, -0.15) is 0 Å². The molecule has 1 aliphatic heterocycles. The van der Waals surface area contributed by atoms with Crippen LogP contribution in [0.2, 0.25) is 0 Å². The van der Waals surface area contributed by atoms with Gasteiger partial charge in [-0.1, -0.05) is 0 Å². The van der Waals surface area contributed by atoms with Crippen molar-refractivity contribution < 1.29 is 19.4 Å². The maximum absolute atomic E-state index is 10.0. The van der Waals surface area contributed by atoms with Crippen molar-refractivity contribution in [1.29, 1.82) is 0 Å². The summed E-state index contributed by atoms with van der Waals surface area (Å²) in [5, 5.41) is 8.24. The first-order chi connectivity index (χ1) is 4.29. The molecule has 9 heavy (non-hydrogen) atoms. The lowest BCUT2D eigenvalue weighted by Crippen LogP contribution is -2.14. The largest absolute Gasteiger partial charge is 0.481 e. The van der Waals surface area contributed by atoms with Gasteiger partial charge < -0.3 is 14.6 Å². The maximum atomic E-state index is 10.0. The zero-order valence-electron chi connectivity index (χ0n) is 4.87. The van der Waals surface area contributed by atoms with Gasteiger partial charge in [0, 0.05) is 0 Å². The van der Waals surface area contributed by atoms with E-state index in [9.17, 15) is 4.79 Å². The van der Waals surface area contributed by atoms with E-state index in [-0.39, 0.29) is 19.3 Å². The molecule has 1 atom stereocenters. The smallest absolute Gasteiger partial charge is 0.306 e. The molecule has 1 unspecified atom stereocenters. The summed E-state index contributed by atoms with van der Waals surface area (Å²) >= 11 is 0. The summed E-state index contributed by atoms with van der Waals surface area (Å²) in [6.45, 7) is 0.643. The van der Waals surface area contributed by atoms with Gasteiger partial charge in [0.05, 0.1) is 19.1 Å². The fourth-order valence-electron chi connectivity index (χ4n) is 0.685. The summed E-state index contributed by atoms with van der Waals surface area (Å²) in [7, 11) is 0. The van der Waals surface area contributed by atoms with E-state index in [1.54, 1.807) is 0 Å². The molecule has 1 saturated heterocycles. The third-order valence-corrected chi connectivity index (χ3v) is 1.09. The third kappa shape index (κ3) is 1.99. The zero-order chi connectivity index (χ0) is 6.69. The summed E-state index contributed by atoms with van der Waals surface area (Å²) in [5.41, 5.74) is 0. The standard InChI is InChI=1S/C5H8O4/c6-5(7)1-4-2-8-3-9-4/h4H,1-3H2,(H,6,7). The predicted octanol–water partition coefficient (Wildman–Crippen LogP) is -0.166. The van der Waals surface area contributed by atoms with Gasteiger partial charge in [0.25, 0.3) is 0 Å². The molecule has 1 N–H and O–H groups in total. The van der Waals surface area contributed by atoms with Gasteiger partial charge in [0.2, 0.25) is 0 Å². The monoisotopic (exact) mass is 132 g/mol. The van der Waals surface area contributed by atoms with Crippen LogP contribution in [0.1, 0.15) is 6.42 Å². The van der Waals surface area contributed by atoms with Crippen molar-refractivity contribution in [2.75, 3.05) is 13.4 Å². The molecule has 4 nitrogen and oxygen atoms in total. The number of aliphatic carboxylic acids is 1. The normalized spacial score (nSPS) is 26.4. The van der Waals surface area contributed by atoms with Crippen LogP contribution >= 0.6 is 0 Å². The minimum absolute atomic E-state index is 0.0417. The van der Waals surface area contributed by atoms with Crippen molar-refractivity contribution in [1.82, 2.24) is 0 Å². The molecular weight excluding hydrogens is 124 g/mol. The molecule has 1 aliphatic rings. The highest BCUT2D eigenvalue weighted by molar-refractivity contribution is 5.67. The second-order valence-corrected chi connectivity index (χ2v) is 1.88. The Morgan fingerprint density at radius 1 is 1.78 bits per heavy atom. The Kier molecular flexibility index (Phi) is 2.02.